The summed E-state index contributed by atoms with van der Waals surface area (Å²) in [7, 11) is 2.07. The number of hydrogen-bond donors (Lipinski definition) is 1. The Labute approximate surface area is 142 Å². The van der Waals surface area contributed by atoms with Crippen LogP contribution in [0.5, 0.6) is 0 Å². The van der Waals surface area contributed by atoms with Gasteiger partial charge in [-0.3, -0.25) is 4.79 Å². The Morgan fingerprint density at radius 3 is 2.62 bits per heavy atom. The van der Waals surface area contributed by atoms with Gasteiger partial charge in [0.15, 0.2) is 0 Å². The maximum absolute atomic E-state index is 12.5. The molecule has 0 bridgehead atoms. The van der Waals surface area contributed by atoms with E-state index in [0.717, 1.165) is 39.1 Å². The molecule has 6 heteroatoms. The third kappa shape index (κ3) is 4.29. The summed E-state index contributed by atoms with van der Waals surface area (Å²) in [6.45, 7) is 4.03. The van der Waals surface area contributed by atoms with Crippen LogP contribution in [-0.2, 0) is 6.42 Å². The lowest BCUT2D eigenvalue weighted by Gasteiger charge is -2.32. The Bertz CT molecular complexity index is 668. The molecule has 1 aliphatic rings. The van der Waals surface area contributed by atoms with Crippen molar-refractivity contribution >= 4 is 11.9 Å². The number of hydrogen-bond acceptors (Lipinski definition) is 5. The van der Waals surface area contributed by atoms with Crippen LogP contribution in [0.1, 0.15) is 16.1 Å². The molecule has 1 fully saturated rings. The van der Waals surface area contributed by atoms with Crippen molar-refractivity contribution in [2.75, 3.05) is 45.1 Å². The molecule has 0 radical (unpaired) electrons. The summed E-state index contributed by atoms with van der Waals surface area (Å²) in [5, 5.41) is 3.20. The molecular formula is C18H23N5O. The summed E-state index contributed by atoms with van der Waals surface area (Å²) in [5.41, 5.74) is 1.71. The molecule has 0 aliphatic carbocycles. The average molecular weight is 325 g/mol. The molecule has 3 rings (SSSR count). The minimum atomic E-state index is -0.0170. The summed E-state index contributed by atoms with van der Waals surface area (Å²) >= 11 is 0. The van der Waals surface area contributed by atoms with Gasteiger partial charge in [0, 0.05) is 38.9 Å². The summed E-state index contributed by atoms with van der Waals surface area (Å²) < 4.78 is 0. The number of aromatic nitrogens is 2. The average Bonchev–Trinajstić information content (AvgIpc) is 2.63. The standard InChI is InChI=1S/C18H23N5O/c1-22-11-13-23(14-12-22)17(24)16-8-10-20-18(21-16)19-9-7-15-5-3-2-4-6-15/h2-6,8,10H,7,9,11-14H2,1H3,(H,19,20,21). The number of nitrogens with one attached hydrogen (secondary N) is 1. The highest BCUT2D eigenvalue weighted by Crippen LogP contribution is 2.08. The predicted octanol–water partition coefficient (Wildman–Crippen LogP) is 1.52. The molecule has 1 N–H and O–H groups in total. The molecule has 1 aromatic carbocycles. The van der Waals surface area contributed by atoms with Crippen molar-refractivity contribution in [3.8, 4) is 0 Å². The summed E-state index contributed by atoms with van der Waals surface area (Å²) in [6.07, 6.45) is 2.53. The highest BCUT2D eigenvalue weighted by Gasteiger charge is 2.21. The number of rotatable bonds is 5. The highest BCUT2D eigenvalue weighted by molar-refractivity contribution is 5.92. The number of anilines is 1. The van der Waals surface area contributed by atoms with E-state index in [-0.39, 0.29) is 5.91 Å². The first-order valence-corrected chi connectivity index (χ1v) is 8.31. The summed E-state index contributed by atoms with van der Waals surface area (Å²) in [5.74, 6) is 0.488. The van der Waals surface area contributed by atoms with Gasteiger partial charge in [0.1, 0.15) is 5.69 Å². The van der Waals surface area contributed by atoms with Gasteiger partial charge in [-0.15, -0.1) is 0 Å². The van der Waals surface area contributed by atoms with Gasteiger partial charge < -0.3 is 15.1 Å². The number of likely N-dealkylation sites (N-methyl/N-ethyl adjacent to an activating group) is 1. The van der Waals surface area contributed by atoms with Crippen LogP contribution >= 0.6 is 0 Å². The first kappa shape index (κ1) is 16.4. The van der Waals surface area contributed by atoms with E-state index in [2.05, 4.69) is 39.4 Å². The van der Waals surface area contributed by atoms with E-state index in [1.54, 1.807) is 12.3 Å². The molecule has 24 heavy (non-hydrogen) atoms. The van der Waals surface area contributed by atoms with Crippen molar-refractivity contribution in [2.45, 2.75) is 6.42 Å². The van der Waals surface area contributed by atoms with Gasteiger partial charge in [-0.25, -0.2) is 9.97 Å². The van der Waals surface area contributed by atoms with E-state index in [1.807, 2.05) is 23.1 Å². The summed E-state index contributed by atoms with van der Waals surface area (Å²) in [4.78, 5) is 25.2. The third-order valence-corrected chi connectivity index (χ3v) is 4.20. The molecule has 1 aromatic heterocycles. The number of amides is 1. The number of benzene rings is 1. The van der Waals surface area contributed by atoms with E-state index in [1.165, 1.54) is 5.56 Å². The Balaban J connectivity index is 1.56. The van der Waals surface area contributed by atoms with Crippen molar-refractivity contribution in [1.29, 1.82) is 0 Å². The fourth-order valence-corrected chi connectivity index (χ4v) is 2.70. The third-order valence-electron chi connectivity index (χ3n) is 4.20. The second kappa shape index (κ2) is 7.88. The minimum Gasteiger partial charge on any atom is -0.354 e. The van der Waals surface area contributed by atoms with Gasteiger partial charge in [0.2, 0.25) is 5.95 Å². The lowest BCUT2D eigenvalue weighted by atomic mass is 10.1. The fraction of sp³-hybridized carbons (Fsp3) is 0.389. The zero-order valence-corrected chi connectivity index (χ0v) is 14.0. The number of nitrogens with zero attached hydrogens (tertiary/aromatic N) is 4. The Morgan fingerprint density at radius 1 is 1.12 bits per heavy atom. The van der Waals surface area contributed by atoms with Crippen LogP contribution in [0, 0.1) is 0 Å². The van der Waals surface area contributed by atoms with Crippen molar-refractivity contribution in [3.63, 3.8) is 0 Å². The van der Waals surface area contributed by atoms with Crippen LogP contribution in [0.15, 0.2) is 42.6 Å². The molecule has 126 valence electrons. The normalized spacial score (nSPS) is 15.3. The Kier molecular flexibility index (Phi) is 5.38. The van der Waals surface area contributed by atoms with Crippen molar-refractivity contribution in [1.82, 2.24) is 19.8 Å². The monoisotopic (exact) mass is 325 g/mol. The molecule has 0 spiro atoms. The zero-order chi connectivity index (χ0) is 16.8. The molecule has 6 nitrogen and oxygen atoms in total. The molecule has 2 aromatic rings. The fourth-order valence-electron chi connectivity index (χ4n) is 2.70. The van der Waals surface area contributed by atoms with Crippen LogP contribution in [0.3, 0.4) is 0 Å². The molecule has 1 aliphatic heterocycles. The van der Waals surface area contributed by atoms with Gasteiger partial charge >= 0.3 is 0 Å². The Morgan fingerprint density at radius 2 is 1.88 bits per heavy atom. The van der Waals surface area contributed by atoms with E-state index >= 15 is 0 Å². The molecule has 2 heterocycles. The van der Waals surface area contributed by atoms with Crippen LogP contribution in [0.4, 0.5) is 5.95 Å². The lowest BCUT2D eigenvalue weighted by Crippen LogP contribution is -2.47. The Hall–Kier alpha value is -2.47. The van der Waals surface area contributed by atoms with Gasteiger partial charge in [-0.2, -0.15) is 0 Å². The van der Waals surface area contributed by atoms with Gasteiger partial charge in [-0.05, 0) is 25.1 Å². The highest BCUT2D eigenvalue weighted by atomic mass is 16.2. The topological polar surface area (TPSA) is 61.4 Å². The maximum Gasteiger partial charge on any atom is 0.272 e. The minimum absolute atomic E-state index is 0.0170. The number of carbonyl (C=O) groups excluding carboxylic acids is 1. The first-order chi connectivity index (χ1) is 11.7. The SMILES string of the molecule is CN1CCN(C(=O)c2ccnc(NCCc3ccccc3)n2)CC1. The van der Waals surface area contributed by atoms with Crippen molar-refractivity contribution in [3.05, 3.63) is 53.9 Å². The zero-order valence-electron chi connectivity index (χ0n) is 14.0. The van der Waals surface area contributed by atoms with E-state index in [0.29, 0.717) is 11.6 Å². The smallest absolute Gasteiger partial charge is 0.272 e. The molecule has 0 atom stereocenters. The predicted molar refractivity (Wildman–Crippen MR) is 94.1 cm³/mol. The van der Waals surface area contributed by atoms with E-state index < -0.39 is 0 Å². The maximum atomic E-state index is 12.5. The summed E-state index contributed by atoms with van der Waals surface area (Å²) in [6, 6.07) is 11.9. The van der Waals surface area contributed by atoms with Crippen LogP contribution in [0.2, 0.25) is 0 Å². The van der Waals surface area contributed by atoms with Gasteiger partial charge in [0.05, 0.1) is 0 Å². The molecule has 0 unspecified atom stereocenters. The number of piperazine rings is 1. The van der Waals surface area contributed by atoms with Crippen LogP contribution in [-0.4, -0.2) is 65.4 Å². The molecule has 1 saturated heterocycles. The first-order valence-electron chi connectivity index (χ1n) is 8.31. The van der Waals surface area contributed by atoms with Gasteiger partial charge in [-0.1, -0.05) is 30.3 Å². The lowest BCUT2D eigenvalue weighted by molar-refractivity contribution is 0.0658. The van der Waals surface area contributed by atoms with Gasteiger partial charge in [0.25, 0.3) is 5.91 Å². The van der Waals surface area contributed by atoms with Crippen LogP contribution < -0.4 is 5.32 Å². The van der Waals surface area contributed by atoms with Crippen molar-refractivity contribution in [2.24, 2.45) is 0 Å². The quantitative estimate of drug-likeness (QED) is 0.903. The van der Waals surface area contributed by atoms with E-state index in [9.17, 15) is 4.79 Å². The second-order valence-electron chi connectivity index (χ2n) is 6.02. The molecule has 1 amide bonds. The van der Waals surface area contributed by atoms with Crippen molar-refractivity contribution < 1.29 is 4.79 Å². The second-order valence-corrected chi connectivity index (χ2v) is 6.02. The number of carbonyl (C=O) groups is 1. The van der Waals surface area contributed by atoms with E-state index in [4.69, 9.17) is 0 Å². The largest absolute Gasteiger partial charge is 0.354 e. The van der Waals surface area contributed by atoms with Crippen LogP contribution in [0.25, 0.3) is 0 Å². The molecular weight excluding hydrogens is 302 g/mol. The molecule has 0 saturated carbocycles.